The molecule has 0 heterocycles. The molecule has 0 bridgehead atoms. The molecule has 118 valence electrons. The van der Waals surface area contributed by atoms with Crippen molar-refractivity contribution in [3.8, 4) is 0 Å². The Morgan fingerprint density at radius 1 is 1.38 bits per heavy atom. The van der Waals surface area contributed by atoms with Gasteiger partial charge >= 0.3 is 0 Å². The molecule has 7 heteroatoms. The molecule has 1 aliphatic carbocycles. The summed E-state index contributed by atoms with van der Waals surface area (Å²) in [5.41, 5.74) is 0.355. The minimum absolute atomic E-state index is 0.0391. The van der Waals surface area contributed by atoms with Crippen molar-refractivity contribution >= 4 is 21.8 Å². The van der Waals surface area contributed by atoms with Crippen molar-refractivity contribution in [2.45, 2.75) is 42.0 Å². The van der Waals surface area contributed by atoms with E-state index in [1.54, 1.807) is 18.8 Å². The van der Waals surface area contributed by atoms with Gasteiger partial charge in [-0.15, -0.1) is 0 Å². The first-order valence-corrected chi connectivity index (χ1v) is 9.73. The van der Waals surface area contributed by atoms with Crippen molar-refractivity contribution in [3.05, 3.63) is 29.6 Å². The van der Waals surface area contributed by atoms with Crippen molar-refractivity contribution in [1.82, 2.24) is 10.0 Å². The standard InChI is InChI=1S/C14H21FN2O2S2/c1-16-9-10-8-11(6-7-12(10)15)21(18,19)17-13-4-3-5-14(13)20-2/h6-8,13-14,16-17H,3-5,9H2,1-2H3. The van der Waals surface area contributed by atoms with Gasteiger partial charge < -0.3 is 5.32 Å². The molecule has 2 N–H and O–H groups in total. The van der Waals surface area contributed by atoms with Crippen LogP contribution in [0.2, 0.25) is 0 Å². The Kier molecular flexibility index (Phi) is 5.65. The van der Waals surface area contributed by atoms with Crippen LogP contribution in [-0.2, 0) is 16.6 Å². The Balaban J connectivity index is 2.21. The molecule has 2 rings (SSSR count). The smallest absolute Gasteiger partial charge is 0.240 e. The van der Waals surface area contributed by atoms with E-state index in [2.05, 4.69) is 10.0 Å². The summed E-state index contributed by atoms with van der Waals surface area (Å²) in [6.07, 6.45) is 4.92. The maximum Gasteiger partial charge on any atom is 0.240 e. The predicted octanol–water partition coefficient (Wildman–Crippen LogP) is 2.11. The van der Waals surface area contributed by atoms with Crippen LogP contribution in [0.5, 0.6) is 0 Å². The first-order chi connectivity index (χ1) is 9.97. The van der Waals surface area contributed by atoms with E-state index < -0.39 is 15.8 Å². The van der Waals surface area contributed by atoms with Crippen molar-refractivity contribution in [2.24, 2.45) is 0 Å². The maximum atomic E-state index is 13.6. The highest BCUT2D eigenvalue weighted by Crippen LogP contribution is 2.29. The molecular weight excluding hydrogens is 311 g/mol. The van der Waals surface area contributed by atoms with Gasteiger partial charge in [-0.1, -0.05) is 6.42 Å². The molecule has 1 aliphatic rings. The Morgan fingerprint density at radius 2 is 2.14 bits per heavy atom. The van der Waals surface area contributed by atoms with Crippen molar-refractivity contribution < 1.29 is 12.8 Å². The number of hydrogen-bond donors (Lipinski definition) is 2. The van der Waals surface area contributed by atoms with Gasteiger partial charge in [-0.25, -0.2) is 17.5 Å². The lowest BCUT2D eigenvalue weighted by atomic mass is 10.2. The minimum Gasteiger partial charge on any atom is -0.316 e. The third kappa shape index (κ3) is 3.97. The number of thioether (sulfide) groups is 1. The molecule has 1 saturated carbocycles. The lowest BCUT2D eigenvalue weighted by molar-refractivity contribution is 0.553. The minimum atomic E-state index is -3.60. The van der Waals surface area contributed by atoms with E-state index >= 15 is 0 Å². The summed E-state index contributed by atoms with van der Waals surface area (Å²) in [6.45, 7) is 0.298. The van der Waals surface area contributed by atoms with Gasteiger partial charge in [-0.3, -0.25) is 0 Å². The molecule has 2 unspecified atom stereocenters. The van der Waals surface area contributed by atoms with Gasteiger partial charge in [-0.2, -0.15) is 11.8 Å². The van der Waals surface area contributed by atoms with Crippen LogP contribution in [0, 0.1) is 5.82 Å². The van der Waals surface area contributed by atoms with Crippen LogP contribution in [0.25, 0.3) is 0 Å². The maximum absolute atomic E-state index is 13.6. The third-order valence-electron chi connectivity index (χ3n) is 3.76. The summed E-state index contributed by atoms with van der Waals surface area (Å²) >= 11 is 1.69. The number of hydrogen-bond acceptors (Lipinski definition) is 4. The van der Waals surface area contributed by atoms with Gasteiger partial charge in [-0.05, 0) is 44.3 Å². The third-order valence-corrected chi connectivity index (χ3v) is 6.41. The van der Waals surface area contributed by atoms with Crippen LogP contribution in [0.15, 0.2) is 23.1 Å². The van der Waals surface area contributed by atoms with E-state index in [1.165, 1.54) is 18.2 Å². The SMILES string of the molecule is CNCc1cc(S(=O)(=O)NC2CCCC2SC)ccc1F. The van der Waals surface area contributed by atoms with Crippen LogP contribution in [0.1, 0.15) is 24.8 Å². The average molecular weight is 332 g/mol. The second-order valence-corrected chi connectivity index (χ2v) is 8.01. The Morgan fingerprint density at radius 3 is 2.81 bits per heavy atom. The zero-order chi connectivity index (χ0) is 15.5. The van der Waals surface area contributed by atoms with Gasteiger partial charge in [0.1, 0.15) is 5.82 Å². The summed E-state index contributed by atoms with van der Waals surface area (Å²) in [5.74, 6) is -0.397. The van der Waals surface area contributed by atoms with Gasteiger partial charge in [0.15, 0.2) is 0 Å². The largest absolute Gasteiger partial charge is 0.316 e. The van der Waals surface area contributed by atoms with E-state index in [0.717, 1.165) is 19.3 Å². The number of halogens is 1. The summed E-state index contributed by atoms with van der Waals surface area (Å²) in [4.78, 5) is 0.126. The molecule has 1 aromatic carbocycles. The second kappa shape index (κ2) is 7.09. The molecule has 0 spiro atoms. The molecule has 4 nitrogen and oxygen atoms in total. The number of sulfonamides is 1. The summed E-state index contributed by atoms with van der Waals surface area (Å²) in [7, 11) is -1.91. The van der Waals surface area contributed by atoms with Crippen LogP contribution in [-0.4, -0.2) is 33.0 Å². The lowest BCUT2D eigenvalue weighted by Gasteiger charge is -2.19. The summed E-state index contributed by atoms with van der Waals surface area (Å²) in [5, 5.41) is 3.15. The predicted molar refractivity (Wildman–Crippen MR) is 84.4 cm³/mol. The van der Waals surface area contributed by atoms with E-state index in [4.69, 9.17) is 0 Å². The van der Waals surface area contributed by atoms with E-state index in [1.807, 2.05) is 6.26 Å². The van der Waals surface area contributed by atoms with Crippen LogP contribution in [0.3, 0.4) is 0 Å². The molecule has 1 aromatic rings. The molecule has 0 radical (unpaired) electrons. The number of rotatable bonds is 6. The van der Waals surface area contributed by atoms with Gasteiger partial charge in [0, 0.05) is 23.4 Å². The first-order valence-electron chi connectivity index (χ1n) is 6.96. The zero-order valence-electron chi connectivity index (χ0n) is 12.2. The number of nitrogens with one attached hydrogen (secondary N) is 2. The fraction of sp³-hybridized carbons (Fsp3) is 0.571. The van der Waals surface area contributed by atoms with Gasteiger partial charge in [0.25, 0.3) is 0 Å². The quantitative estimate of drug-likeness (QED) is 0.838. The Hall–Kier alpha value is -0.630. The molecule has 0 saturated heterocycles. The molecule has 0 aliphatic heterocycles. The molecule has 1 fully saturated rings. The topological polar surface area (TPSA) is 58.2 Å². The van der Waals surface area contributed by atoms with E-state index in [-0.39, 0.29) is 10.9 Å². The number of benzene rings is 1. The molecule has 0 aromatic heterocycles. The fourth-order valence-electron chi connectivity index (χ4n) is 2.65. The lowest BCUT2D eigenvalue weighted by Crippen LogP contribution is -2.38. The Labute approximate surface area is 129 Å². The van der Waals surface area contributed by atoms with Gasteiger partial charge in [0.2, 0.25) is 10.0 Å². The normalized spacial score (nSPS) is 22.6. The van der Waals surface area contributed by atoms with Crippen molar-refractivity contribution in [3.63, 3.8) is 0 Å². The summed E-state index contributed by atoms with van der Waals surface area (Å²) < 4.78 is 41.3. The second-order valence-electron chi connectivity index (χ2n) is 5.22. The van der Waals surface area contributed by atoms with Crippen molar-refractivity contribution in [2.75, 3.05) is 13.3 Å². The highest BCUT2D eigenvalue weighted by atomic mass is 32.2. The molecule has 21 heavy (non-hydrogen) atoms. The van der Waals surface area contributed by atoms with Crippen LogP contribution < -0.4 is 10.0 Å². The molecule has 0 amide bonds. The van der Waals surface area contributed by atoms with Crippen LogP contribution >= 0.6 is 11.8 Å². The van der Waals surface area contributed by atoms with E-state index in [0.29, 0.717) is 17.4 Å². The summed E-state index contributed by atoms with van der Waals surface area (Å²) in [6, 6.07) is 3.89. The average Bonchev–Trinajstić information content (AvgIpc) is 2.87. The molecular formula is C14H21FN2O2S2. The monoisotopic (exact) mass is 332 g/mol. The van der Waals surface area contributed by atoms with Crippen molar-refractivity contribution in [1.29, 1.82) is 0 Å². The fourth-order valence-corrected chi connectivity index (χ4v) is 5.04. The highest BCUT2D eigenvalue weighted by molar-refractivity contribution is 7.99. The first kappa shape index (κ1) is 16.7. The van der Waals surface area contributed by atoms with Gasteiger partial charge in [0.05, 0.1) is 4.90 Å². The zero-order valence-corrected chi connectivity index (χ0v) is 13.9. The highest BCUT2D eigenvalue weighted by Gasteiger charge is 2.30. The van der Waals surface area contributed by atoms with Crippen LogP contribution in [0.4, 0.5) is 4.39 Å². The van der Waals surface area contributed by atoms with E-state index in [9.17, 15) is 12.8 Å². The molecule has 2 atom stereocenters. The Bertz CT molecular complexity index is 593.